The van der Waals surface area contributed by atoms with Crippen LogP contribution in [-0.4, -0.2) is 64.8 Å². The van der Waals surface area contributed by atoms with E-state index in [1.807, 2.05) is 14.1 Å². The van der Waals surface area contributed by atoms with Crippen molar-refractivity contribution in [2.75, 3.05) is 45.3 Å². The van der Waals surface area contributed by atoms with Gasteiger partial charge in [0, 0.05) is 38.6 Å². The highest BCUT2D eigenvalue weighted by Crippen LogP contribution is 2.20. The van der Waals surface area contributed by atoms with E-state index in [0.29, 0.717) is 46.4 Å². The Balaban J connectivity index is 1.73. The van der Waals surface area contributed by atoms with Crippen LogP contribution >= 0.6 is 0 Å². The fraction of sp³-hybridized carbons (Fsp3) is 0.368. The summed E-state index contributed by atoms with van der Waals surface area (Å²) in [7, 11) is 7.43. The minimum atomic E-state index is -0.176. The number of anilines is 3. The van der Waals surface area contributed by atoms with Crippen LogP contribution in [0.2, 0.25) is 0 Å². The van der Waals surface area contributed by atoms with Gasteiger partial charge in [0.2, 0.25) is 5.90 Å². The van der Waals surface area contributed by atoms with Crippen LogP contribution in [0, 0.1) is 0 Å². The van der Waals surface area contributed by atoms with Crippen LogP contribution in [0.15, 0.2) is 34.2 Å². The zero-order valence-corrected chi connectivity index (χ0v) is 17.1. The number of pyridine rings is 2. The molecule has 10 heteroatoms. The Labute approximate surface area is 168 Å². The molecule has 0 amide bonds. The first-order chi connectivity index (χ1) is 13.9. The Bertz CT molecular complexity index is 1080. The Morgan fingerprint density at radius 1 is 1.38 bits per heavy atom. The molecule has 3 aromatic heterocycles. The van der Waals surface area contributed by atoms with Gasteiger partial charge in [-0.05, 0) is 32.6 Å². The second-order valence-corrected chi connectivity index (χ2v) is 6.88. The lowest BCUT2D eigenvalue weighted by atomic mass is 10.2. The molecule has 4 N–H and O–H groups in total. The van der Waals surface area contributed by atoms with E-state index in [2.05, 4.69) is 30.3 Å². The first kappa shape index (κ1) is 20.3. The van der Waals surface area contributed by atoms with Crippen molar-refractivity contribution >= 4 is 34.3 Å². The topological polar surface area (TPSA) is 126 Å². The van der Waals surface area contributed by atoms with E-state index >= 15 is 0 Å². The zero-order chi connectivity index (χ0) is 21.0. The second kappa shape index (κ2) is 8.74. The minimum absolute atomic E-state index is 0.176. The van der Waals surface area contributed by atoms with Crippen LogP contribution in [0.1, 0.15) is 12.0 Å². The summed E-state index contributed by atoms with van der Waals surface area (Å²) in [5, 5.41) is 6.30. The number of aromatic amines is 1. The molecule has 0 saturated carbocycles. The zero-order valence-electron chi connectivity index (χ0n) is 17.1. The van der Waals surface area contributed by atoms with Crippen molar-refractivity contribution < 1.29 is 4.74 Å². The minimum Gasteiger partial charge on any atom is -0.477 e. The van der Waals surface area contributed by atoms with Gasteiger partial charge in [-0.15, -0.1) is 0 Å². The monoisotopic (exact) mass is 398 g/mol. The summed E-state index contributed by atoms with van der Waals surface area (Å²) >= 11 is 0. The van der Waals surface area contributed by atoms with Gasteiger partial charge < -0.3 is 20.7 Å². The number of aromatic nitrogens is 4. The van der Waals surface area contributed by atoms with E-state index in [0.717, 1.165) is 13.0 Å². The van der Waals surface area contributed by atoms with Gasteiger partial charge in [-0.1, -0.05) is 0 Å². The summed E-state index contributed by atoms with van der Waals surface area (Å²) in [5.41, 5.74) is 7.71. The molecule has 3 heterocycles. The maximum atomic E-state index is 11.8. The Morgan fingerprint density at radius 3 is 2.86 bits per heavy atom. The number of nitrogen functional groups attached to an aromatic ring is 1. The molecule has 0 unspecified atom stereocenters. The van der Waals surface area contributed by atoms with E-state index in [1.54, 1.807) is 43.2 Å². The standard InChI is InChI=1S/C19H26N8O2/c1-21-19(29-9-5-8-26(2)3)13-11-22-16(10-14(13)20)23-15-7-6-12-17(24-15)27(4)25-18(12)28/h6-7,10-11H,5,8-9H2,1-4H3,(H,25,28)(H3,20,22,23,24)/b21-19-. The molecule has 0 aliphatic carbocycles. The third-order valence-electron chi connectivity index (χ3n) is 4.32. The Hall–Kier alpha value is -3.40. The van der Waals surface area contributed by atoms with Gasteiger partial charge in [0.15, 0.2) is 5.65 Å². The molecule has 0 saturated heterocycles. The number of nitrogens with zero attached hydrogens (tertiary/aromatic N) is 5. The van der Waals surface area contributed by atoms with E-state index in [9.17, 15) is 4.79 Å². The predicted octanol–water partition coefficient (Wildman–Crippen LogP) is 1.33. The van der Waals surface area contributed by atoms with Gasteiger partial charge in [0.05, 0.1) is 17.6 Å². The number of fused-ring (bicyclic) bond motifs is 1. The first-order valence-electron chi connectivity index (χ1n) is 9.22. The Morgan fingerprint density at radius 2 is 2.17 bits per heavy atom. The number of nitrogens with one attached hydrogen (secondary N) is 2. The fourth-order valence-corrected chi connectivity index (χ4v) is 2.88. The van der Waals surface area contributed by atoms with Crippen LogP contribution in [0.5, 0.6) is 0 Å². The van der Waals surface area contributed by atoms with Crippen LogP contribution in [-0.2, 0) is 11.8 Å². The number of aryl methyl sites for hydroxylation is 1. The van der Waals surface area contributed by atoms with Gasteiger partial charge in [0.1, 0.15) is 11.6 Å². The molecule has 3 rings (SSSR count). The van der Waals surface area contributed by atoms with Crippen LogP contribution in [0.3, 0.4) is 0 Å². The lowest BCUT2D eigenvalue weighted by Gasteiger charge is -2.13. The third kappa shape index (κ3) is 4.72. The molecule has 29 heavy (non-hydrogen) atoms. The molecule has 0 bridgehead atoms. The van der Waals surface area contributed by atoms with Crippen LogP contribution < -0.4 is 16.6 Å². The number of rotatable bonds is 7. The normalized spacial score (nSPS) is 12.0. The quantitative estimate of drug-likeness (QED) is 0.311. The molecule has 3 aromatic rings. The SMILES string of the molecule is C/N=C(\OCCCN(C)C)c1cnc(Nc2ccc3c(=O)[nH]n(C)c3n2)cc1N. The summed E-state index contributed by atoms with van der Waals surface area (Å²) in [6, 6.07) is 5.13. The van der Waals surface area contributed by atoms with E-state index in [-0.39, 0.29) is 5.56 Å². The Kier molecular flexibility index (Phi) is 6.13. The number of aliphatic imine (C=N–C) groups is 1. The van der Waals surface area contributed by atoms with Gasteiger partial charge in [-0.25, -0.2) is 9.97 Å². The molecule has 10 nitrogen and oxygen atoms in total. The lowest BCUT2D eigenvalue weighted by Crippen LogP contribution is -2.17. The molecule has 0 aliphatic rings. The van der Waals surface area contributed by atoms with Gasteiger partial charge >= 0.3 is 0 Å². The second-order valence-electron chi connectivity index (χ2n) is 6.88. The van der Waals surface area contributed by atoms with Crippen molar-refractivity contribution in [3.63, 3.8) is 0 Å². The van der Waals surface area contributed by atoms with E-state index < -0.39 is 0 Å². The first-order valence-corrected chi connectivity index (χ1v) is 9.22. The highest BCUT2D eigenvalue weighted by atomic mass is 16.5. The number of nitrogens with two attached hydrogens (primary N) is 1. The summed E-state index contributed by atoms with van der Waals surface area (Å²) < 4.78 is 7.34. The smallest absolute Gasteiger partial charge is 0.273 e. The third-order valence-corrected chi connectivity index (χ3v) is 4.32. The fourth-order valence-electron chi connectivity index (χ4n) is 2.88. The molecule has 0 atom stereocenters. The summed E-state index contributed by atoms with van der Waals surface area (Å²) in [6.07, 6.45) is 2.51. The van der Waals surface area contributed by atoms with Crippen molar-refractivity contribution in [3.8, 4) is 0 Å². The summed E-state index contributed by atoms with van der Waals surface area (Å²) in [4.78, 5) is 26.9. The molecule has 0 aliphatic heterocycles. The van der Waals surface area contributed by atoms with E-state index in [1.165, 1.54) is 0 Å². The lowest BCUT2D eigenvalue weighted by molar-refractivity contribution is 0.272. The van der Waals surface area contributed by atoms with Crippen molar-refractivity contribution in [1.29, 1.82) is 0 Å². The van der Waals surface area contributed by atoms with Gasteiger partial charge in [0.25, 0.3) is 5.56 Å². The number of hydrogen-bond acceptors (Lipinski definition) is 8. The largest absolute Gasteiger partial charge is 0.477 e. The highest BCUT2D eigenvalue weighted by Gasteiger charge is 2.12. The van der Waals surface area contributed by atoms with Crippen molar-refractivity contribution in [2.24, 2.45) is 12.0 Å². The molecule has 154 valence electrons. The molecule has 0 radical (unpaired) electrons. The van der Waals surface area contributed by atoms with Crippen molar-refractivity contribution in [3.05, 3.63) is 40.3 Å². The number of H-pyrrole nitrogens is 1. The molecule has 0 aromatic carbocycles. The summed E-state index contributed by atoms with van der Waals surface area (Å²) in [5.74, 6) is 1.54. The van der Waals surface area contributed by atoms with Crippen LogP contribution in [0.25, 0.3) is 11.0 Å². The van der Waals surface area contributed by atoms with Gasteiger partial charge in [-0.3, -0.25) is 19.6 Å². The maximum absolute atomic E-state index is 11.8. The summed E-state index contributed by atoms with van der Waals surface area (Å²) in [6.45, 7) is 1.47. The van der Waals surface area contributed by atoms with Gasteiger partial charge in [-0.2, -0.15) is 0 Å². The number of hydrogen-bond donors (Lipinski definition) is 3. The van der Waals surface area contributed by atoms with Crippen molar-refractivity contribution in [2.45, 2.75) is 6.42 Å². The predicted molar refractivity (Wildman–Crippen MR) is 115 cm³/mol. The molecule has 0 spiro atoms. The van der Waals surface area contributed by atoms with Crippen LogP contribution in [0.4, 0.5) is 17.3 Å². The molecular formula is C19H26N8O2. The average Bonchev–Trinajstić information content (AvgIpc) is 2.96. The molecule has 0 fully saturated rings. The van der Waals surface area contributed by atoms with E-state index in [4.69, 9.17) is 10.5 Å². The van der Waals surface area contributed by atoms with Crippen molar-refractivity contribution in [1.82, 2.24) is 24.6 Å². The maximum Gasteiger partial charge on any atom is 0.273 e. The number of ether oxygens (including phenoxy) is 1. The highest BCUT2D eigenvalue weighted by molar-refractivity contribution is 5.99. The molecular weight excluding hydrogens is 372 g/mol. The average molecular weight is 398 g/mol.